The molecule has 1 N–H and O–H groups in total. The Morgan fingerprint density at radius 2 is 1.48 bits per heavy atom. The molecule has 40 heavy (non-hydrogen) atoms. The molecular formula is C30H35Cl2N3O4S. The lowest BCUT2D eigenvalue weighted by molar-refractivity contribution is -0.139. The number of anilines is 1. The molecule has 0 spiro atoms. The Labute approximate surface area is 247 Å². The van der Waals surface area contributed by atoms with Crippen molar-refractivity contribution in [2.45, 2.75) is 52.1 Å². The van der Waals surface area contributed by atoms with Gasteiger partial charge in [-0.15, -0.1) is 0 Å². The predicted molar refractivity (Wildman–Crippen MR) is 161 cm³/mol. The molecule has 3 aromatic carbocycles. The molecule has 3 rings (SSSR count). The maximum atomic E-state index is 14.0. The molecule has 0 saturated heterocycles. The van der Waals surface area contributed by atoms with Crippen LogP contribution < -0.4 is 9.62 Å². The van der Waals surface area contributed by atoms with Crippen molar-refractivity contribution in [1.82, 2.24) is 10.2 Å². The molecule has 7 nitrogen and oxygen atoms in total. The summed E-state index contributed by atoms with van der Waals surface area (Å²) in [6.07, 6.45) is 0. The van der Waals surface area contributed by atoms with E-state index in [4.69, 9.17) is 23.2 Å². The van der Waals surface area contributed by atoms with E-state index in [2.05, 4.69) is 5.32 Å². The summed E-state index contributed by atoms with van der Waals surface area (Å²) in [6, 6.07) is 17.4. The maximum absolute atomic E-state index is 14.0. The molecule has 3 aromatic rings. The van der Waals surface area contributed by atoms with Crippen LogP contribution in [0.25, 0.3) is 0 Å². The fourth-order valence-electron chi connectivity index (χ4n) is 4.04. The molecule has 0 fully saturated rings. The van der Waals surface area contributed by atoms with Crippen LogP contribution in [0.4, 0.5) is 5.69 Å². The summed E-state index contributed by atoms with van der Waals surface area (Å²) in [6.45, 7) is 9.04. The van der Waals surface area contributed by atoms with Crippen LogP contribution >= 0.6 is 23.2 Å². The fourth-order valence-corrected chi connectivity index (χ4v) is 5.96. The number of nitrogens with one attached hydrogen (secondary N) is 1. The average Bonchev–Trinajstić information content (AvgIpc) is 2.89. The Bertz CT molecular complexity index is 1440. The van der Waals surface area contributed by atoms with E-state index in [1.165, 1.54) is 17.0 Å². The Morgan fingerprint density at radius 3 is 2.05 bits per heavy atom. The van der Waals surface area contributed by atoms with E-state index in [1.54, 1.807) is 55.5 Å². The smallest absolute Gasteiger partial charge is 0.264 e. The van der Waals surface area contributed by atoms with E-state index >= 15 is 0 Å². The molecule has 0 unspecified atom stereocenters. The molecule has 2 amide bonds. The molecule has 0 aromatic heterocycles. The lowest BCUT2D eigenvalue weighted by Gasteiger charge is -2.32. The first-order valence-electron chi connectivity index (χ1n) is 13.0. The van der Waals surface area contributed by atoms with Gasteiger partial charge < -0.3 is 10.2 Å². The van der Waals surface area contributed by atoms with Gasteiger partial charge in [-0.2, -0.15) is 0 Å². The van der Waals surface area contributed by atoms with Gasteiger partial charge in [0, 0.05) is 28.7 Å². The molecule has 0 aliphatic carbocycles. The number of carbonyl (C=O) groups excluding carboxylic acids is 2. The minimum absolute atomic E-state index is 0.0517. The second-order valence-corrected chi connectivity index (χ2v) is 12.9. The second kappa shape index (κ2) is 13.5. The zero-order valence-corrected chi connectivity index (χ0v) is 25.6. The number of sulfonamides is 1. The van der Waals surface area contributed by atoms with E-state index in [0.29, 0.717) is 27.8 Å². The maximum Gasteiger partial charge on any atom is 0.264 e. The van der Waals surface area contributed by atoms with Crippen LogP contribution in [0.5, 0.6) is 0 Å². The third kappa shape index (κ3) is 7.77. The van der Waals surface area contributed by atoms with Gasteiger partial charge >= 0.3 is 0 Å². The lowest BCUT2D eigenvalue weighted by Crippen LogP contribution is -2.51. The molecule has 0 aliphatic rings. The molecule has 0 aliphatic heterocycles. The number of rotatable bonds is 11. The molecular weight excluding hydrogens is 569 g/mol. The number of hydrogen-bond acceptors (Lipinski definition) is 4. The minimum atomic E-state index is -4.14. The highest BCUT2D eigenvalue weighted by atomic mass is 35.5. The zero-order valence-electron chi connectivity index (χ0n) is 23.3. The quantitative estimate of drug-likeness (QED) is 0.291. The number of hydrogen-bond donors (Lipinski definition) is 1. The topological polar surface area (TPSA) is 86.8 Å². The predicted octanol–water partition coefficient (Wildman–Crippen LogP) is 6.00. The summed E-state index contributed by atoms with van der Waals surface area (Å²) in [7, 11) is -4.14. The van der Waals surface area contributed by atoms with Gasteiger partial charge in [0.15, 0.2) is 0 Å². The lowest BCUT2D eigenvalue weighted by atomic mass is 10.1. The zero-order chi connectivity index (χ0) is 29.6. The first-order chi connectivity index (χ1) is 18.8. The van der Waals surface area contributed by atoms with Crippen LogP contribution in [0.1, 0.15) is 37.5 Å². The van der Waals surface area contributed by atoms with Crippen molar-refractivity contribution < 1.29 is 18.0 Å². The summed E-state index contributed by atoms with van der Waals surface area (Å²) >= 11 is 12.8. The van der Waals surface area contributed by atoms with Crippen LogP contribution in [0.3, 0.4) is 0 Å². The number of halogens is 2. The van der Waals surface area contributed by atoms with Gasteiger partial charge in [0.25, 0.3) is 10.0 Å². The van der Waals surface area contributed by atoms with Gasteiger partial charge in [-0.25, -0.2) is 8.42 Å². The van der Waals surface area contributed by atoms with Crippen molar-refractivity contribution in [2.24, 2.45) is 5.92 Å². The summed E-state index contributed by atoms with van der Waals surface area (Å²) < 4.78 is 28.9. The second-order valence-electron chi connectivity index (χ2n) is 10.2. The van der Waals surface area contributed by atoms with Crippen molar-refractivity contribution in [3.05, 3.63) is 93.5 Å². The summed E-state index contributed by atoms with van der Waals surface area (Å²) in [5, 5.41) is 3.53. The highest BCUT2D eigenvalue weighted by Crippen LogP contribution is 2.28. The Kier molecular flexibility index (Phi) is 10.6. The standard InChI is InChI=1S/C30H35Cl2N3O4S/c1-20(2)17-33-30(37)23(5)34(18-26-27(31)10-7-11-28(26)32)29(36)19-35(24-9-6-8-22(4)16-24)40(38,39)25-14-12-21(3)13-15-25/h6-16,20,23H,17-19H2,1-5H3,(H,33,37)/t23-/m0/s1. The molecule has 0 radical (unpaired) electrons. The van der Waals surface area contributed by atoms with Crippen LogP contribution in [-0.4, -0.2) is 44.3 Å². The van der Waals surface area contributed by atoms with Crippen molar-refractivity contribution in [3.63, 3.8) is 0 Å². The van der Waals surface area contributed by atoms with Gasteiger partial charge in [-0.05, 0) is 68.7 Å². The molecule has 0 saturated carbocycles. The fraction of sp³-hybridized carbons (Fsp3) is 0.333. The van der Waals surface area contributed by atoms with E-state index in [-0.39, 0.29) is 23.3 Å². The molecule has 214 valence electrons. The largest absolute Gasteiger partial charge is 0.354 e. The Morgan fingerprint density at radius 1 is 0.875 bits per heavy atom. The van der Waals surface area contributed by atoms with Crippen molar-refractivity contribution in [1.29, 1.82) is 0 Å². The summed E-state index contributed by atoms with van der Waals surface area (Å²) in [5.41, 5.74) is 2.53. The monoisotopic (exact) mass is 603 g/mol. The first-order valence-corrected chi connectivity index (χ1v) is 15.2. The van der Waals surface area contributed by atoms with Gasteiger partial charge in [-0.3, -0.25) is 13.9 Å². The van der Waals surface area contributed by atoms with Gasteiger partial charge in [-0.1, -0.05) is 72.9 Å². The first kappa shape index (κ1) is 31.5. The Balaban J connectivity index is 2.05. The average molecular weight is 605 g/mol. The summed E-state index contributed by atoms with van der Waals surface area (Å²) in [4.78, 5) is 28.5. The van der Waals surface area contributed by atoms with E-state index in [0.717, 1.165) is 15.4 Å². The van der Waals surface area contributed by atoms with Gasteiger partial charge in [0.2, 0.25) is 11.8 Å². The van der Waals surface area contributed by atoms with Crippen molar-refractivity contribution >= 4 is 50.7 Å². The molecule has 0 bridgehead atoms. The van der Waals surface area contributed by atoms with Crippen LogP contribution in [0.2, 0.25) is 10.0 Å². The highest BCUT2D eigenvalue weighted by Gasteiger charge is 2.33. The number of amides is 2. The molecule has 0 heterocycles. The van der Waals surface area contributed by atoms with Crippen molar-refractivity contribution in [3.8, 4) is 0 Å². The molecule has 1 atom stereocenters. The SMILES string of the molecule is Cc1ccc(S(=O)(=O)N(CC(=O)N(Cc2c(Cl)cccc2Cl)[C@@H](C)C(=O)NCC(C)C)c2cccc(C)c2)cc1. The van der Waals surface area contributed by atoms with Crippen LogP contribution in [0.15, 0.2) is 71.6 Å². The number of carbonyl (C=O) groups is 2. The van der Waals surface area contributed by atoms with Crippen LogP contribution in [0, 0.1) is 19.8 Å². The third-order valence-corrected chi connectivity index (χ3v) is 8.92. The normalized spacial score (nSPS) is 12.2. The van der Waals surface area contributed by atoms with Crippen LogP contribution in [-0.2, 0) is 26.2 Å². The highest BCUT2D eigenvalue weighted by molar-refractivity contribution is 7.92. The number of benzene rings is 3. The summed E-state index contributed by atoms with van der Waals surface area (Å²) in [5.74, 6) is -0.746. The number of aryl methyl sites for hydroxylation is 2. The van der Waals surface area contributed by atoms with Gasteiger partial charge in [0.05, 0.1) is 10.6 Å². The van der Waals surface area contributed by atoms with Gasteiger partial charge in [0.1, 0.15) is 12.6 Å². The minimum Gasteiger partial charge on any atom is -0.354 e. The third-order valence-electron chi connectivity index (χ3n) is 6.42. The van der Waals surface area contributed by atoms with E-state index in [1.807, 2.05) is 33.8 Å². The Hall–Kier alpha value is -3.07. The molecule has 10 heteroatoms. The van der Waals surface area contributed by atoms with Crippen molar-refractivity contribution in [2.75, 3.05) is 17.4 Å². The van der Waals surface area contributed by atoms with E-state index < -0.39 is 28.5 Å². The number of nitrogens with zero attached hydrogens (tertiary/aromatic N) is 2. The van der Waals surface area contributed by atoms with E-state index in [9.17, 15) is 18.0 Å².